The van der Waals surface area contributed by atoms with Gasteiger partial charge in [0.2, 0.25) is 0 Å². The Balaban J connectivity index is 3.27. The molecule has 0 aliphatic heterocycles. The molecule has 0 N–H and O–H groups in total. The number of rotatable bonds is 7. The van der Waals surface area contributed by atoms with E-state index in [0.717, 1.165) is 4.90 Å². The van der Waals surface area contributed by atoms with E-state index >= 15 is 0 Å². The number of hydrogen-bond donors (Lipinski definition) is 0. The van der Waals surface area contributed by atoms with Crippen LogP contribution in [0, 0.1) is 0 Å². The van der Waals surface area contributed by atoms with Crippen LogP contribution in [0.2, 0.25) is 0 Å². The van der Waals surface area contributed by atoms with Crippen LogP contribution >= 0.6 is 19.6 Å². The van der Waals surface area contributed by atoms with Crippen molar-refractivity contribution < 1.29 is 31.8 Å². The first-order chi connectivity index (χ1) is 11.9. The molecule has 0 radical (unpaired) electrons. The molecule has 1 aromatic rings. The summed E-state index contributed by atoms with van der Waals surface area (Å²) >= 11 is 1.37. The smallest absolute Gasteiger partial charge is 0.404 e. The standard InChI is InChI=1S/C11H17O4PS/c1-4-13-16(12,14-5-2)15-10-6-8-11(17-3)9-7-10/h6-9H,4-5H2,1-3H3/i1D3,2D3,4D2,5D2. The summed E-state index contributed by atoms with van der Waals surface area (Å²) in [5.74, 6) is -0.237. The van der Waals surface area contributed by atoms with Gasteiger partial charge in [-0.1, -0.05) is 0 Å². The molecule has 0 aromatic heterocycles. The normalized spacial score (nSPS) is 23.4. The monoisotopic (exact) mass is 286 g/mol. The van der Waals surface area contributed by atoms with Crippen molar-refractivity contribution >= 4 is 19.6 Å². The highest BCUT2D eigenvalue weighted by Crippen LogP contribution is 2.49. The molecule has 0 atom stereocenters. The average molecular weight is 286 g/mol. The van der Waals surface area contributed by atoms with Crippen LogP contribution in [0.15, 0.2) is 29.2 Å². The SMILES string of the molecule is [2H]C([2H])([2H])C([2H])([2H])OP(=O)(Oc1ccc(SC)cc1)OC([2H])([2H])C([2H])([2H])[2H]. The fraction of sp³-hybridized carbons (Fsp3) is 0.455. The van der Waals surface area contributed by atoms with Gasteiger partial charge in [0.15, 0.2) is 0 Å². The molecule has 17 heavy (non-hydrogen) atoms. The quantitative estimate of drug-likeness (QED) is 0.560. The van der Waals surface area contributed by atoms with Gasteiger partial charge >= 0.3 is 7.82 Å². The third-order valence-corrected chi connectivity index (χ3v) is 3.40. The van der Waals surface area contributed by atoms with Crippen molar-refractivity contribution in [2.24, 2.45) is 0 Å². The van der Waals surface area contributed by atoms with Crippen molar-refractivity contribution in [1.82, 2.24) is 0 Å². The summed E-state index contributed by atoms with van der Waals surface area (Å²) in [7, 11) is -5.38. The summed E-state index contributed by atoms with van der Waals surface area (Å²) in [5, 5.41) is 0. The fourth-order valence-electron chi connectivity index (χ4n) is 0.933. The van der Waals surface area contributed by atoms with E-state index in [9.17, 15) is 4.57 Å². The van der Waals surface area contributed by atoms with Crippen molar-refractivity contribution in [2.45, 2.75) is 18.6 Å². The first-order valence-corrected chi connectivity index (χ1v) is 6.96. The van der Waals surface area contributed by atoms with E-state index in [1.54, 1.807) is 6.26 Å². The molecule has 0 heterocycles. The zero-order valence-corrected chi connectivity index (χ0v) is 10.5. The minimum Gasteiger partial charge on any atom is -0.404 e. The van der Waals surface area contributed by atoms with E-state index in [4.69, 9.17) is 18.2 Å². The van der Waals surface area contributed by atoms with Gasteiger partial charge in [-0.3, -0.25) is 9.05 Å². The van der Waals surface area contributed by atoms with Gasteiger partial charge in [-0.25, -0.2) is 4.57 Å². The van der Waals surface area contributed by atoms with Crippen molar-refractivity contribution in [1.29, 1.82) is 0 Å². The van der Waals surface area contributed by atoms with E-state index in [1.165, 1.54) is 36.0 Å². The highest BCUT2D eigenvalue weighted by molar-refractivity contribution is 7.98. The lowest BCUT2D eigenvalue weighted by molar-refractivity contribution is 0.167. The van der Waals surface area contributed by atoms with Gasteiger partial charge < -0.3 is 4.52 Å². The van der Waals surface area contributed by atoms with Crippen molar-refractivity contribution in [3.63, 3.8) is 0 Å². The van der Waals surface area contributed by atoms with Crippen molar-refractivity contribution in [2.75, 3.05) is 19.4 Å². The summed E-state index contributed by atoms with van der Waals surface area (Å²) < 4.78 is 98.6. The maximum atomic E-state index is 12.8. The molecule has 0 fully saturated rings. The molecule has 1 rings (SSSR count). The lowest BCUT2D eigenvalue weighted by Crippen LogP contribution is -2.02. The molecule has 0 aliphatic carbocycles. The number of benzene rings is 1. The molecule has 0 aliphatic rings. The summed E-state index contributed by atoms with van der Waals surface area (Å²) in [5.41, 5.74) is 0. The summed E-state index contributed by atoms with van der Waals surface area (Å²) in [6.07, 6.45) is 1.78. The topological polar surface area (TPSA) is 44.8 Å². The Morgan fingerprint density at radius 3 is 2.35 bits per heavy atom. The lowest BCUT2D eigenvalue weighted by Gasteiger charge is -2.16. The van der Waals surface area contributed by atoms with Crippen LogP contribution in [0.1, 0.15) is 27.4 Å². The molecule has 0 saturated carbocycles. The van der Waals surface area contributed by atoms with Crippen LogP contribution in [0.5, 0.6) is 5.75 Å². The number of hydrogen-bond acceptors (Lipinski definition) is 5. The van der Waals surface area contributed by atoms with Crippen LogP contribution in [0.3, 0.4) is 0 Å². The zero-order valence-electron chi connectivity index (χ0n) is 18.8. The molecule has 1 aromatic carbocycles. The first kappa shape index (κ1) is 5.66. The molecular weight excluding hydrogens is 259 g/mol. The van der Waals surface area contributed by atoms with Gasteiger partial charge in [0.1, 0.15) is 5.75 Å². The minimum absolute atomic E-state index is 0.237. The maximum Gasteiger partial charge on any atom is 0.530 e. The molecule has 0 spiro atoms. The van der Waals surface area contributed by atoms with Crippen molar-refractivity contribution in [3.8, 4) is 5.75 Å². The third-order valence-electron chi connectivity index (χ3n) is 1.59. The van der Waals surface area contributed by atoms with Crippen molar-refractivity contribution in [3.05, 3.63) is 24.3 Å². The molecule has 6 heteroatoms. The Kier molecular flexibility index (Phi) is 2.35. The number of phosphoric acid groups is 1. The van der Waals surface area contributed by atoms with Crippen LogP contribution < -0.4 is 4.52 Å². The predicted octanol–water partition coefficient (Wildman–Crippen LogP) is 3.97. The average Bonchev–Trinajstić information content (AvgIpc) is 2.43. The second-order valence-electron chi connectivity index (χ2n) is 2.60. The Morgan fingerprint density at radius 2 is 1.88 bits per heavy atom. The Bertz CT molecular complexity index is 656. The largest absolute Gasteiger partial charge is 0.530 e. The van der Waals surface area contributed by atoms with Crippen LogP contribution in [-0.4, -0.2) is 19.4 Å². The molecule has 0 saturated heterocycles. The van der Waals surface area contributed by atoms with Gasteiger partial charge in [-0.15, -0.1) is 11.8 Å². The zero-order chi connectivity index (χ0) is 21.3. The highest BCUT2D eigenvalue weighted by atomic mass is 32.2. The second-order valence-corrected chi connectivity index (χ2v) is 4.92. The van der Waals surface area contributed by atoms with Gasteiger partial charge in [0.05, 0.1) is 18.6 Å². The van der Waals surface area contributed by atoms with E-state index in [0.29, 0.717) is 0 Å². The van der Waals surface area contributed by atoms with Gasteiger partial charge in [0.25, 0.3) is 0 Å². The van der Waals surface area contributed by atoms with Gasteiger partial charge in [-0.05, 0) is 44.2 Å². The molecule has 96 valence electrons. The molecule has 0 unspecified atom stereocenters. The first-order valence-electron chi connectivity index (χ1n) is 9.28. The summed E-state index contributed by atoms with van der Waals surface area (Å²) in [4.78, 5) is 0.773. The maximum absolute atomic E-state index is 12.8. The predicted molar refractivity (Wildman–Crippen MR) is 69.7 cm³/mol. The van der Waals surface area contributed by atoms with E-state index < -0.39 is 34.6 Å². The van der Waals surface area contributed by atoms with Crippen LogP contribution in [0.25, 0.3) is 0 Å². The summed E-state index contributed by atoms with van der Waals surface area (Å²) in [6, 6.07) is 5.56. The second kappa shape index (κ2) is 7.07. The number of phosphoric ester groups is 1. The Morgan fingerprint density at radius 1 is 1.29 bits per heavy atom. The van der Waals surface area contributed by atoms with Crippen LogP contribution in [0.4, 0.5) is 0 Å². The Hall–Kier alpha value is -0.480. The molecule has 0 bridgehead atoms. The van der Waals surface area contributed by atoms with E-state index in [-0.39, 0.29) is 5.75 Å². The Labute approximate surface area is 120 Å². The third kappa shape index (κ3) is 4.72. The van der Waals surface area contributed by atoms with E-state index in [1.807, 2.05) is 0 Å². The molecular formula is C11H17O4PS. The summed E-state index contributed by atoms with van der Waals surface area (Å²) in [6.45, 7) is -14.0. The fourth-order valence-corrected chi connectivity index (χ4v) is 2.06. The minimum atomic E-state index is -5.38. The molecule has 0 amide bonds. The van der Waals surface area contributed by atoms with Crippen LogP contribution in [-0.2, 0) is 13.6 Å². The highest BCUT2D eigenvalue weighted by Gasteiger charge is 2.27. The van der Waals surface area contributed by atoms with E-state index in [2.05, 4.69) is 9.05 Å². The number of thioether (sulfide) groups is 1. The van der Waals surface area contributed by atoms with Gasteiger partial charge in [0, 0.05) is 13.1 Å². The molecule has 4 nitrogen and oxygen atoms in total. The lowest BCUT2D eigenvalue weighted by atomic mass is 10.3. The van der Waals surface area contributed by atoms with Gasteiger partial charge in [-0.2, -0.15) is 0 Å².